The minimum absolute atomic E-state index is 0. The van der Waals surface area contributed by atoms with E-state index in [1.807, 2.05) is 11.1 Å². The van der Waals surface area contributed by atoms with Gasteiger partial charge in [0.2, 0.25) is 0 Å². The van der Waals surface area contributed by atoms with Crippen molar-refractivity contribution in [1.29, 1.82) is 0 Å². The molecule has 9 saturated carbocycles. The van der Waals surface area contributed by atoms with E-state index in [2.05, 4.69) is 77.1 Å². The number of halogens is 2. The van der Waals surface area contributed by atoms with Crippen molar-refractivity contribution in [1.82, 2.24) is 0 Å². The Labute approximate surface area is 359 Å². The zero-order valence-corrected chi connectivity index (χ0v) is 37.9. The predicted molar refractivity (Wildman–Crippen MR) is 211 cm³/mol. The van der Waals surface area contributed by atoms with Gasteiger partial charge in [-0.1, -0.05) is 94.7 Å². The van der Waals surface area contributed by atoms with Crippen molar-refractivity contribution in [2.75, 3.05) is 0 Å². The van der Waals surface area contributed by atoms with Gasteiger partial charge in [-0.05, 0) is 205 Å². The van der Waals surface area contributed by atoms with Crippen molar-refractivity contribution in [2.24, 2.45) is 64.1 Å². The van der Waals surface area contributed by atoms with Gasteiger partial charge < -0.3 is 24.8 Å². The van der Waals surface area contributed by atoms with Crippen LogP contribution in [0.25, 0.3) is 11.1 Å². The Hall–Kier alpha value is -0.617. The van der Waals surface area contributed by atoms with Gasteiger partial charge >= 0.3 is 26.2 Å². The number of benzene rings is 2. The van der Waals surface area contributed by atoms with Gasteiger partial charge in [0, 0.05) is 11.3 Å². The summed E-state index contributed by atoms with van der Waals surface area (Å²) in [5, 5.41) is 0. The smallest absolute Gasteiger partial charge is 1.00 e. The molecule has 0 amide bonds. The molecular formula is C51H64Cl2Zr. The molecule has 54 heavy (non-hydrogen) atoms. The van der Waals surface area contributed by atoms with Crippen LogP contribution in [-0.2, 0) is 37.0 Å². The van der Waals surface area contributed by atoms with Crippen LogP contribution in [-0.4, -0.2) is 0 Å². The molecule has 12 aliphatic rings. The monoisotopic (exact) mass is 836 g/mol. The fourth-order valence-corrected chi connectivity index (χ4v) is 17.8. The molecule has 2 aromatic rings. The van der Waals surface area contributed by atoms with Gasteiger partial charge in [-0.3, -0.25) is 0 Å². The maximum atomic E-state index is 2.86. The van der Waals surface area contributed by atoms with Crippen LogP contribution in [0.5, 0.6) is 0 Å². The minimum atomic E-state index is 0. The van der Waals surface area contributed by atoms with Crippen LogP contribution in [0.3, 0.4) is 0 Å². The zero-order valence-electron chi connectivity index (χ0n) is 33.9. The fraction of sp³-hybridized carbons (Fsp3) is 0.686. The maximum Gasteiger partial charge on any atom is 2.00 e. The first kappa shape index (κ1) is 38.9. The second-order valence-corrected chi connectivity index (χ2v) is 22.7. The van der Waals surface area contributed by atoms with E-state index >= 15 is 0 Å². The van der Waals surface area contributed by atoms with Crippen LogP contribution in [0.4, 0.5) is 0 Å². The van der Waals surface area contributed by atoms with Gasteiger partial charge in [-0.15, -0.1) is 0 Å². The van der Waals surface area contributed by atoms with Crippen LogP contribution in [0.1, 0.15) is 166 Å². The third kappa shape index (κ3) is 5.13. The van der Waals surface area contributed by atoms with Gasteiger partial charge in [0.1, 0.15) is 0 Å². The summed E-state index contributed by atoms with van der Waals surface area (Å²) in [5.41, 5.74) is 17.0. The molecule has 0 N–H and O–H groups in total. The summed E-state index contributed by atoms with van der Waals surface area (Å²) in [6.07, 6.45) is 26.3. The van der Waals surface area contributed by atoms with Crippen LogP contribution >= 0.6 is 0 Å². The van der Waals surface area contributed by atoms with E-state index in [1.165, 1.54) is 103 Å². The maximum absolute atomic E-state index is 2.86. The number of rotatable bonds is 4. The summed E-state index contributed by atoms with van der Waals surface area (Å²) in [5.74, 6) is 8.62. The first-order chi connectivity index (χ1) is 24.5. The van der Waals surface area contributed by atoms with Crippen LogP contribution < -0.4 is 24.8 Å². The summed E-state index contributed by atoms with van der Waals surface area (Å²) in [6, 6.07) is 16.7. The quantitative estimate of drug-likeness (QED) is 0.300. The molecule has 12 aliphatic carbocycles. The summed E-state index contributed by atoms with van der Waals surface area (Å²) < 4.78 is 0. The fourth-order valence-electron chi connectivity index (χ4n) is 17.8. The first-order valence-corrected chi connectivity index (χ1v) is 22.3. The second kappa shape index (κ2) is 12.9. The summed E-state index contributed by atoms with van der Waals surface area (Å²) in [4.78, 5) is 0. The van der Waals surface area contributed by atoms with Gasteiger partial charge in [-0.25, -0.2) is 0 Å². The molecule has 9 fully saturated rings. The molecule has 0 aromatic heterocycles. The third-order valence-electron chi connectivity index (χ3n) is 18.8. The molecule has 0 heterocycles. The van der Waals surface area contributed by atoms with E-state index in [0.29, 0.717) is 22.7 Å². The number of hydrogen-bond donors (Lipinski definition) is 0. The van der Waals surface area contributed by atoms with Crippen LogP contribution in [0.2, 0.25) is 0 Å². The average molecular weight is 839 g/mol. The largest absolute Gasteiger partial charge is 2.00 e. The SMILES string of the molecule is CC(C)C1(C2c3ccc(C45CC6CC(CC(C6)C4)C5)cc3-c3cc(C45CC6CC(CC(C6)C4)C5)ccc32)C2=C(CC(C(C)(C)C)=C2)C2CCCC21.[Cl-].[Cl-].[Zr+2]. The van der Waals surface area contributed by atoms with Crippen molar-refractivity contribution < 1.29 is 51.0 Å². The summed E-state index contributed by atoms with van der Waals surface area (Å²) in [6.45, 7) is 12.7. The number of hydrogen-bond acceptors (Lipinski definition) is 0. The second-order valence-electron chi connectivity index (χ2n) is 22.7. The summed E-state index contributed by atoms with van der Waals surface area (Å²) >= 11 is 0. The number of allylic oxidation sites excluding steroid dienone is 4. The Kier molecular flexibility index (Phi) is 9.32. The molecule has 0 saturated heterocycles. The molecule has 0 aliphatic heterocycles. The van der Waals surface area contributed by atoms with E-state index in [1.54, 1.807) is 39.0 Å². The molecule has 14 rings (SSSR count). The molecule has 8 bridgehead atoms. The standard InChI is InChI=1S/C51H64.2ClH.Zr/c1-29(2)51(45-8-6-7-39(45)44-21-38(22-46(44)51)48(3,4)5)47-40-11-9-36(49-23-30-13-31(24-49)15-32(14-30)25-49)19-42(40)43-20-37(10-12-41(43)47)50-26-33-16-34(27-50)18-35(17-33)28-50;;;/h9-12,19-20,22,29-35,39,45,47H,6-8,13-18,21,23-28H2,1-5H3;2*1H;/q;;;+2/p-2. The van der Waals surface area contributed by atoms with Crippen molar-refractivity contribution in [3.05, 3.63) is 81.4 Å². The Bertz CT molecular complexity index is 1760. The van der Waals surface area contributed by atoms with E-state index < -0.39 is 0 Å². The molecule has 286 valence electrons. The Morgan fingerprint density at radius 1 is 0.630 bits per heavy atom. The van der Waals surface area contributed by atoms with Gasteiger partial charge in [0.15, 0.2) is 0 Å². The molecule has 3 atom stereocenters. The van der Waals surface area contributed by atoms with Crippen molar-refractivity contribution in [3.63, 3.8) is 0 Å². The van der Waals surface area contributed by atoms with E-state index in [4.69, 9.17) is 0 Å². The molecule has 3 unspecified atom stereocenters. The molecule has 2 aromatic carbocycles. The Morgan fingerprint density at radius 3 is 1.48 bits per heavy atom. The van der Waals surface area contributed by atoms with Gasteiger partial charge in [0.25, 0.3) is 0 Å². The van der Waals surface area contributed by atoms with Crippen LogP contribution in [0, 0.1) is 64.1 Å². The average Bonchev–Trinajstić information content (AvgIpc) is 3.84. The number of fused-ring (bicyclic) bond motifs is 5. The molecule has 3 heteroatoms. The molecular weight excluding hydrogens is 775 g/mol. The van der Waals surface area contributed by atoms with E-state index in [-0.39, 0.29) is 61.8 Å². The topological polar surface area (TPSA) is 0 Å². The van der Waals surface area contributed by atoms with Crippen molar-refractivity contribution in [2.45, 2.75) is 154 Å². The minimum Gasteiger partial charge on any atom is -1.00 e. The van der Waals surface area contributed by atoms with Gasteiger partial charge in [-0.2, -0.15) is 0 Å². The molecule has 0 nitrogen and oxygen atoms in total. The van der Waals surface area contributed by atoms with Gasteiger partial charge in [0.05, 0.1) is 0 Å². The molecule has 0 spiro atoms. The third-order valence-corrected chi connectivity index (χ3v) is 18.8. The van der Waals surface area contributed by atoms with E-state index in [0.717, 1.165) is 47.3 Å². The normalized spacial score (nSPS) is 42.6. The van der Waals surface area contributed by atoms with E-state index in [9.17, 15) is 0 Å². The Morgan fingerprint density at radius 2 is 1.07 bits per heavy atom. The predicted octanol–water partition coefficient (Wildman–Crippen LogP) is 7.49. The first-order valence-electron chi connectivity index (χ1n) is 22.3. The molecule has 0 radical (unpaired) electrons. The van der Waals surface area contributed by atoms with Crippen LogP contribution in [0.15, 0.2) is 59.2 Å². The Balaban J connectivity index is 0.00000128. The zero-order chi connectivity index (χ0) is 34.2. The van der Waals surface area contributed by atoms with Crippen molar-refractivity contribution in [3.8, 4) is 11.1 Å². The van der Waals surface area contributed by atoms with Crippen molar-refractivity contribution >= 4 is 0 Å². The summed E-state index contributed by atoms with van der Waals surface area (Å²) in [7, 11) is 0.